The second-order valence-electron chi connectivity index (χ2n) is 7.35. The van der Waals surface area contributed by atoms with Gasteiger partial charge in [0.2, 0.25) is 0 Å². The summed E-state index contributed by atoms with van der Waals surface area (Å²) >= 11 is 0. The molecule has 1 aliphatic carbocycles. The van der Waals surface area contributed by atoms with E-state index in [1.165, 1.54) is 36.8 Å². The Morgan fingerprint density at radius 1 is 1.23 bits per heavy atom. The highest BCUT2D eigenvalue weighted by molar-refractivity contribution is 5.80. The average Bonchev–Trinajstić information content (AvgIpc) is 3.15. The maximum Gasteiger partial charge on any atom is 0.191 e. The first-order chi connectivity index (χ1) is 12.7. The van der Waals surface area contributed by atoms with E-state index in [0.29, 0.717) is 12.6 Å². The van der Waals surface area contributed by atoms with Crippen molar-refractivity contribution in [2.45, 2.75) is 58.7 Å². The SMILES string of the molecule is CCNC(=NCc1cccc(Cn2ccnc2)c1)NC1CCC(C)CC1. The highest BCUT2D eigenvalue weighted by Crippen LogP contribution is 2.23. The van der Waals surface area contributed by atoms with Gasteiger partial charge in [-0.1, -0.05) is 31.2 Å². The quantitative estimate of drug-likeness (QED) is 0.617. The summed E-state index contributed by atoms with van der Waals surface area (Å²) in [5.74, 6) is 1.80. The Morgan fingerprint density at radius 3 is 2.77 bits per heavy atom. The predicted octanol–water partition coefficient (Wildman–Crippen LogP) is 3.57. The normalized spacial score (nSPS) is 20.8. The van der Waals surface area contributed by atoms with Crippen molar-refractivity contribution < 1.29 is 0 Å². The van der Waals surface area contributed by atoms with Gasteiger partial charge in [0.1, 0.15) is 0 Å². The summed E-state index contributed by atoms with van der Waals surface area (Å²) in [6, 6.07) is 9.19. The Bertz CT molecular complexity index is 684. The molecule has 1 fully saturated rings. The molecule has 0 aliphatic heterocycles. The maximum absolute atomic E-state index is 4.81. The summed E-state index contributed by atoms with van der Waals surface area (Å²) < 4.78 is 2.08. The van der Waals surface area contributed by atoms with Crippen LogP contribution in [0.25, 0.3) is 0 Å². The fourth-order valence-corrected chi connectivity index (χ4v) is 3.51. The molecule has 1 saturated carbocycles. The van der Waals surface area contributed by atoms with E-state index in [4.69, 9.17) is 4.99 Å². The van der Waals surface area contributed by atoms with Crippen LogP contribution >= 0.6 is 0 Å². The molecule has 0 amide bonds. The van der Waals surface area contributed by atoms with E-state index in [-0.39, 0.29) is 0 Å². The molecule has 1 heterocycles. The molecule has 1 aromatic carbocycles. The Labute approximate surface area is 156 Å². The lowest BCUT2D eigenvalue weighted by molar-refractivity contribution is 0.329. The highest BCUT2D eigenvalue weighted by Gasteiger charge is 2.18. The minimum atomic E-state index is 0.552. The van der Waals surface area contributed by atoms with Crippen molar-refractivity contribution in [1.82, 2.24) is 20.2 Å². The van der Waals surface area contributed by atoms with Crippen molar-refractivity contribution in [1.29, 1.82) is 0 Å². The molecule has 26 heavy (non-hydrogen) atoms. The minimum Gasteiger partial charge on any atom is -0.357 e. The Hall–Kier alpha value is -2.30. The van der Waals surface area contributed by atoms with E-state index in [1.54, 1.807) is 0 Å². The summed E-state index contributed by atoms with van der Waals surface area (Å²) in [4.78, 5) is 8.92. The first-order valence-corrected chi connectivity index (χ1v) is 9.81. The van der Waals surface area contributed by atoms with Crippen molar-refractivity contribution in [2.24, 2.45) is 10.9 Å². The number of guanidine groups is 1. The molecule has 0 saturated heterocycles. The summed E-state index contributed by atoms with van der Waals surface area (Å²) in [7, 11) is 0. The molecular formula is C21H31N5. The lowest BCUT2D eigenvalue weighted by atomic mass is 9.87. The van der Waals surface area contributed by atoms with E-state index in [9.17, 15) is 0 Å². The number of nitrogens with zero attached hydrogens (tertiary/aromatic N) is 3. The zero-order chi connectivity index (χ0) is 18.2. The van der Waals surface area contributed by atoms with Gasteiger partial charge in [-0.15, -0.1) is 0 Å². The van der Waals surface area contributed by atoms with Crippen LogP contribution < -0.4 is 10.6 Å². The van der Waals surface area contributed by atoms with Gasteiger partial charge < -0.3 is 15.2 Å². The zero-order valence-electron chi connectivity index (χ0n) is 16.0. The van der Waals surface area contributed by atoms with Crippen LogP contribution in [0.2, 0.25) is 0 Å². The molecule has 5 nitrogen and oxygen atoms in total. The lowest BCUT2D eigenvalue weighted by Crippen LogP contribution is -2.44. The highest BCUT2D eigenvalue weighted by atomic mass is 15.2. The number of aromatic nitrogens is 2. The molecule has 2 aromatic rings. The van der Waals surface area contributed by atoms with Crippen LogP contribution in [0.1, 0.15) is 50.7 Å². The Morgan fingerprint density at radius 2 is 2.04 bits per heavy atom. The Kier molecular flexibility index (Phi) is 6.69. The third-order valence-electron chi connectivity index (χ3n) is 5.04. The van der Waals surface area contributed by atoms with Gasteiger partial charge in [-0.05, 0) is 49.7 Å². The molecule has 5 heteroatoms. The molecule has 0 unspecified atom stereocenters. The van der Waals surface area contributed by atoms with Crippen LogP contribution in [0, 0.1) is 5.92 Å². The van der Waals surface area contributed by atoms with Crippen molar-refractivity contribution in [3.8, 4) is 0 Å². The summed E-state index contributed by atoms with van der Waals surface area (Å²) in [5, 5.41) is 7.01. The fourth-order valence-electron chi connectivity index (χ4n) is 3.51. The van der Waals surface area contributed by atoms with Gasteiger partial charge in [-0.3, -0.25) is 0 Å². The van der Waals surface area contributed by atoms with E-state index in [0.717, 1.165) is 25.0 Å². The molecular weight excluding hydrogens is 322 g/mol. The molecule has 0 spiro atoms. The second-order valence-corrected chi connectivity index (χ2v) is 7.35. The van der Waals surface area contributed by atoms with Crippen molar-refractivity contribution in [3.63, 3.8) is 0 Å². The Balaban J connectivity index is 1.59. The monoisotopic (exact) mass is 353 g/mol. The molecule has 0 bridgehead atoms. The zero-order valence-corrected chi connectivity index (χ0v) is 16.0. The van der Waals surface area contributed by atoms with E-state index < -0.39 is 0 Å². The van der Waals surface area contributed by atoms with Crippen LogP contribution in [-0.4, -0.2) is 28.1 Å². The van der Waals surface area contributed by atoms with E-state index >= 15 is 0 Å². The summed E-state index contributed by atoms with van der Waals surface area (Å²) in [5.41, 5.74) is 2.51. The number of hydrogen-bond donors (Lipinski definition) is 2. The third-order valence-corrected chi connectivity index (χ3v) is 5.04. The largest absolute Gasteiger partial charge is 0.357 e. The fraction of sp³-hybridized carbons (Fsp3) is 0.524. The van der Waals surface area contributed by atoms with E-state index in [2.05, 4.69) is 58.3 Å². The third kappa shape index (κ3) is 5.61. The van der Waals surface area contributed by atoms with Crippen molar-refractivity contribution in [2.75, 3.05) is 6.54 Å². The van der Waals surface area contributed by atoms with Crippen LogP contribution in [0.3, 0.4) is 0 Å². The van der Waals surface area contributed by atoms with Gasteiger partial charge in [0.25, 0.3) is 0 Å². The molecule has 0 radical (unpaired) electrons. The lowest BCUT2D eigenvalue weighted by Gasteiger charge is -2.28. The maximum atomic E-state index is 4.81. The smallest absolute Gasteiger partial charge is 0.191 e. The van der Waals surface area contributed by atoms with Crippen LogP contribution in [0.15, 0.2) is 48.0 Å². The van der Waals surface area contributed by atoms with E-state index in [1.807, 2.05) is 18.7 Å². The second kappa shape index (κ2) is 9.41. The van der Waals surface area contributed by atoms with Crippen molar-refractivity contribution >= 4 is 5.96 Å². The molecule has 140 valence electrons. The predicted molar refractivity (Wildman–Crippen MR) is 107 cm³/mol. The molecule has 0 atom stereocenters. The molecule has 1 aromatic heterocycles. The first-order valence-electron chi connectivity index (χ1n) is 9.81. The summed E-state index contributed by atoms with van der Waals surface area (Å²) in [6.45, 7) is 6.89. The minimum absolute atomic E-state index is 0.552. The van der Waals surface area contributed by atoms with Crippen LogP contribution in [0.5, 0.6) is 0 Å². The number of hydrogen-bond acceptors (Lipinski definition) is 2. The first kappa shape index (κ1) is 18.5. The van der Waals surface area contributed by atoms with Gasteiger partial charge in [0.05, 0.1) is 12.9 Å². The topological polar surface area (TPSA) is 54.2 Å². The standard InChI is InChI=1S/C21H31N5/c1-3-23-21(25-20-9-7-17(2)8-10-20)24-14-18-5-4-6-19(13-18)15-26-12-11-22-16-26/h4-6,11-13,16-17,20H,3,7-10,14-15H2,1-2H3,(H2,23,24,25). The average molecular weight is 354 g/mol. The number of nitrogens with one attached hydrogen (secondary N) is 2. The van der Waals surface area contributed by atoms with Gasteiger partial charge in [-0.25, -0.2) is 9.98 Å². The number of imidazole rings is 1. The van der Waals surface area contributed by atoms with Crippen molar-refractivity contribution in [3.05, 3.63) is 54.1 Å². The van der Waals surface area contributed by atoms with Gasteiger partial charge >= 0.3 is 0 Å². The van der Waals surface area contributed by atoms with Crippen LogP contribution in [0.4, 0.5) is 0 Å². The van der Waals surface area contributed by atoms with Gasteiger partial charge in [0.15, 0.2) is 5.96 Å². The molecule has 3 rings (SSSR count). The van der Waals surface area contributed by atoms with Gasteiger partial charge in [-0.2, -0.15) is 0 Å². The van der Waals surface area contributed by atoms with Crippen LogP contribution in [-0.2, 0) is 13.1 Å². The number of aliphatic imine (C=N–C) groups is 1. The molecule has 1 aliphatic rings. The summed E-state index contributed by atoms with van der Waals surface area (Å²) in [6.07, 6.45) is 10.8. The number of rotatable bonds is 6. The number of benzene rings is 1. The van der Waals surface area contributed by atoms with Gasteiger partial charge in [0, 0.05) is 31.5 Å². The molecule has 2 N–H and O–H groups in total.